The minimum Gasteiger partial charge on any atom is -0.459 e. The van der Waals surface area contributed by atoms with Crippen molar-refractivity contribution in [1.82, 2.24) is 25.0 Å². The van der Waals surface area contributed by atoms with Gasteiger partial charge >= 0.3 is 0 Å². The molecule has 1 saturated heterocycles. The first-order valence-electron chi connectivity index (χ1n) is 9.28. The van der Waals surface area contributed by atoms with E-state index in [1.54, 1.807) is 28.0 Å². The Morgan fingerprint density at radius 3 is 2.93 bits per heavy atom. The van der Waals surface area contributed by atoms with Crippen molar-refractivity contribution in [3.63, 3.8) is 0 Å². The largest absolute Gasteiger partial charge is 0.459 e. The highest BCUT2D eigenvalue weighted by molar-refractivity contribution is 5.95. The third-order valence-electron chi connectivity index (χ3n) is 4.86. The summed E-state index contributed by atoms with van der Waals surface area (Å²) in [6.07, 6.45) is 7.02. The molecular weight excluding hydrogens is 358 g/mol. The molecule has 0 saturated carbocycles. The molecule has 3 aromatic rings. The van der Waals surface area contributed by atoms with Gasteiger partial charge in [-0.05, 0) is 49.1 Å². The van der Waals surface area contributed by atoms with Crippen LogP contribution in [0, 0.1) is 0 Å². The number of hydrogen-bond donors (Lipinski definition) is 1. The van der Waals surface area contributed by atoms with Crippen molar-refractivity contribution >= 4 is 11.8 Å². The Bertz CT molecular complexity index is 937. The number of rotatable bonds is 5. The standard InChI is InChI=1S/C20H21N5O3/c26-19(17-7-1-2-9-24(17)20(27)18-8-4-10-28-18)22-12-15-5-3-6-16(11-15)25-14-21-13-23-25/h3-6,8,10-11,13-14,17H,1-2,7,9,12H2,(H,22,26). The third-order valence-corrected chi connectivity index (χ3v) is 4.86. The number of nitrogens with zero attached hydrogens (tertiary/aromatic N) is 4. The topological polar surface area (TPSA) is 93.3 Å². The molecule has 0 spiro atoms. The normalized spacial score (nSPS) is 16.7. The molecule has 4 rings (SSSR count). The summed E-state index contributed by atoms with van der Waals surface area (Å²) in [6, 6.07) is 10.5. The van der Waals surface area contributed by atoms with Gasteiger partial charge in [0.25, 0.3) is 5.91 Å². The zero-order valence-electron chi connectivity index (χ0n) is 15.3. The molecule has 1 unspecified atom stereocenters. The second-order valence-electron chi connectivity index (χ2n) is 6.72. The highest BCUT2D eigenvalue weighted by Gasteiger charge is 2.33. The van der Waals surface area contributed by atoms with Crippen LogP contribution in [0.15, 0.2) is 59.7 Å². The maximum atomic E-state index is 12.8. The van der Waals surface area contributed by atoms with Crippen molar-refractivity contribution in [1.29, 1.82) is 0 Å². The number of aromatic nitrogens is 3. The molecule has 3 heterocycles. The van der Waals surface area contributed by atoms with Gasteiger partial charge in [0.2, 0.25) is 5.91 Å². The summed E-state index contributed by atoms with van der Waals surface area (Å²) in [6.45, 7) is 0.931. The van der Waals surface area contributed by atoms with Gasteiger partial charge < -0.3 is 14.6 Å². The van der Waals surface area contributed by atoms with Crippen LogP contribution < -0.4 is 5.32 Å². The molecule has 2 aromatic heterocycles. The molecule has 0 bridgehead atoms. The van der Waals surface area contributed by atoms with Gasteiger partial charge in [-0.2, -0.15) is 5.10 Å². The second-order valence-corrected chi connectivity index (χ2v) is 6.72. The zero-order chi connectivity index (χ0) is 19.3. The second kappa shape index (κ2) is 8.08. The van der Waals surface area contributed by atoms with Gasteiger partial charge in [0, 0.05) is 13.1 Å². The van der Waals surface area contributed by atoms with Crippen molar-refractivity contribution in [3.8, 4) is 5.69 Å². The Balaban J connectivity index is 1.42. The number of nitrogens with one attached hydrogen (secondary N) is 1. The molecular formula is C20H21N5O3. The maximum Gasteiger partial charge on any atom is 0.290 e. The first kappa shape index (κ1) is 18.0. The van der Waals surface area contributed by atoms with Crippen LogP contribution in [0.4, 0.5) is 0 Å². The monoisotopic (exact) mass is 379 g/mol. The van der Waals surface area contributed by atoms with E-state index in [9.17, 15) is 9.59 Å². The highest BCUT2D eigenvalue weighted by Crippen LogP contribution is 2.20. The first-order chi connectivity index (χ1) is 13.7. The molecule has 8 nitrogen and oxygen atoms in total. The Morgan fingerprint density at radius 2 is 2.14 bits per heavy atom. The average molecular weight is 379 g/mol. The summed E-state index contributed by atoms with van der Waals surface area (Å²) >= 11 is 0. The van der Waals surface area contributed by atoms with Crippen LogP contribution in [0.2, 0.25) is 0 Å². The Labute approximate surface area is 162 Å². The van der Waals surface area contributed by atoms with Crippen molar-refractivity contribution < 1.29 is 14.0 Å². The van der Waals surface area contributed by atoms with Gasteiger partial charge in [-0.25, -0.2) is 9.67 Å². The Morgan fingerprint density at radius 1 is 1.21 bits per heavy atom. The van der Waals surface area contributed by atoms with E-state index in [1.807, 2.05) is 24.3 Å². The summed E-state index contributed by atoms with van der Waals surface area (Å²) in [7, 11) is 0. The minimum absolute atomic E-state index is 0.147. The van der Waals surface area contributed by atoms with Crippen LogP contribution >= 0.6 is 0 Å². The molecule has 1 aromatic carbocycles. The molecule has 1 aliphatic heterocycles. The van der Waals surface area contributed by atoms with E-state index in [2.05, 4.69) is 15.4 Å². The number of benzene rings is 1. The zero-order valence-corrected chi connectivity index (χ0v) is 15.3. The van der Waals surface area contributed by atoms with Gasteiger partial charge in [0.05, 0.1) is 12.0 Å². The average Bonchev–Trinajstić information content (AvgIpc) is 3.46. The van der Waals surface area contributed by atoms with E-state index in [1.165, 1.54) is 12.6 Å². The van der Waals surface area contributed by atoms with Gasteiger partial charge in [-0.1, -0.05) is 12.1 Å². The van der Waals surface area contributed by atoms with Crippen LogP contribution in [0.1, 0.15) is 35.4 Å². The molecule has 0 radical (unpaired) electrons. The molecule has 1 N–H and O–H groups in total. The lowest BCUT2D eigenvalue weighted by Crippen LogP contribution is -2.51. The Kier molecular flexibility index (Phi) is 5.18. The molecule has 2 amide bonds. The van der Waals surface area contributed by atoms with Gasteiger partial charge in [0.1, 0.15) is 18.7 Å². The van der Waals surface area contributed by atoms with Crippen LogP contribution in [-0.2, 0) is 11.3 Å². The maximum absolute atomic E-state index is 12.8. The SMILES string of the molecule is O=C(NCc1cccc(-n2cncn2)c1)C1CCCCN1C(=O)c1ccco1. The van der Waals surface area contributed by atoms with E-state index in [0.29, 0.717) is 19.5 Å². The van der Waals surface area contributed by atoms with E-state index in [4.69, 9.17) is 4.42 Å². The Hall–Kier alpha value is -3.42. The molecule has 1 fully saturated rings. The number of likely N-dealkylation sites (tertiary alicyclic amines) is 1. The van der Waals surface area contributed by atoms with Crippen LogP contribution in [0.25, 0.3) is 5.69 Å². The van der Waals surface area contributed by atoms with Gasteiger partial charge in [-0.15, -0.1) is 0 Å². The summed E-state index contributed by atoms with van der Waals surface area (Å²) in [5.41, 5.74) is 1.82. The lowest BCUT2D eigenvalue weighted by atomic mass is 10.0. The quantitative estimate of drug-likeness (QED) is 0.733. The number of carbonyl (C=O) groups is 2. The molecule has 8 heteroatoms. The van der Waals surface area contributed by atoms with Crippen molar-refractivity contribution in [2.45, 2.75) is 31.8 Å². The number of carbonyl (C=O) groups excluding carboxylic acids is 2. The molecule has 0 aliphatic carbocycles. The van der Waals surface area contributed by atoms with E-state index >= 15 is 0 Å². The van der Waals surface area contributed by atoms with Gasteiger partial charge in [-0.3, -0.25) is 9.59 Å². The number of furan rings is 1. The molecule has 1 aliphatic rings. The minimum atomic E-state index is -0.482. The molecule has 28 heavy (non-hydrogen) atoms. The summed E-state index contributed by atoms with van der Waals surface area (Å²) < 4.78 is 6.88. The highest BCUT2D eigenvalue weighted by atomic mass is 16.3. The lowest BCUT2D eigenvalue weighted by Gasteiger charge is -2.34. The van der Waals surface area contributed by atoms with Crippen molar-refractivity contribution in [2.24, 2.45) is 0 Å². The fraction of sp³-hybridized carbons (Fsp3) is 0.300. The predicted octanol–water partition coefficient (Wildman–Crippen LogP) is 2.17. The molecule has 144 valence electrons. The number of amides is 2. The number of piperidine rings is 1. The lowest BCUT2D eigenvalue weighted by molar-refractivity contribution is -0.126. The van der Waals surface area contributed by atoms with Crippen molar-refractivity contribution in [3.05, 3.63) is 66.6 Å². The number of hydrogen-bond acceptors (Lipinski definition) is 5. The predicted molar refractivity (Wildman–Crippen MR) is 101 cm³/mol. The van der Waals surface area contributed by atoms with Crippen LogP contribution in [0.5, 0.6) is 0 Å². The van der Waals surface area contributed by atoms with E-state index < -0.39 is 6.04 Å². The summed E-state index contributed by atoms with van der Waals surface area (Å²) in [5, 5.41) is 7.08. The summed E-state index contributed by atoms with van der Waals surface area (Å²) in [5.74, 6) is -0.121. The van der Waals surface area contributed by atoms with Crippen LogP contribution in [-0.4, -0.2) is 44.1 Å². The van der Waals surface area contributed by atoms with Gasteiger partial charge in [0.15, 0.2) is 5.76 Å². The smallest absolute Gasteiger partial charge is 0.290 e. The van der Waals surface area contributed by atoms with E-state index in [-0.39, 0.29) is 17.6 Å². The fourth-order valence-electron chi connectivity index (χ4n) is 3.45. The first-order valence-corrected chi connectivity index (χ1v) is 9.28. The summed E-state index contributed by atoms with van der Waals surface area (Å²) in [4.78, 5) is 31.0. The third kappa shape index (κ3) is 3.80. The fourth-order valence-corrected chi connectivity index (χ4v) is 3.45. The van der Waals surface area contributed by atoms with E-state index in [0.717, 1.165) is 24.1 Å². The molecule has 1 atom stereocenters. The van der Waals surface area contributed by atoms with Crippen LogP contribution in [0.3, 0.4) is 0 Å². The van der Waals surface area contributed by atoms with Crippen molar-refractivity contribution in [2.75, 3.05) is 6.54 Å².